The van der Waals surface area contributed by atoms with Crippen molar-refractivity contribution < 1.29 is 0 Å². The molecule has 1 aromatic rings. The molecule has 0 saturated carbocycles. The van der Waals surface area contributed by atoms with Gasteiger partial charge in [0.15, 0.2) is 0 Å². The van der Waals surface area contributed by atoms with Crippen LogP contribution >= 0.6 is 11.6 Å². The summed E-state index contributed by atoms with van der Waals surface area (Å²) in [5, 5.41) is 3.72. The molecule has 0 amide bonds. The molecule has 0 aliphatic rings. The molecular formula is C14H19ClN4. The van der Waals surface area contributed by atoms with Crippen molar-refractivity contribution in [3.05, 3.63) is 41.1 Å². The maximum Gasteiger partial charge on any atom is 0.133 e. The van der Waals surface area contributed by atoms with Gasteiger partial charge in [-0.1, -0.05) is 30.2 Å². The van der Waals surface area contributed by atoms with Crippen LogP contribution in [0.25, 0.3) is 0 Å². The monoisotopic (exact) mass is 278 g/mol. The zero-order valence-electron chi connectivity index (χ0n) is 11.4. The molecule has 1 heterocycles. The third kappa shape index (κ3) is 6.06. The Morgan fingerprint density at radius 2 is 2.21 bits per heavy atom. The third-order valence-corrected chi connectivity index (χ3v) is 2.45. The molecular weight excluding hydrogens is 260 g/mol. The fourth-order valence-electron chi connectivity index (χ4n) is 1.22. The van der Waals surface area contributed by atoms with E-state index in [9.17, 15) is 0 Å². The van der Waals surface area contributed by atoms with Crippen LogP contribution in [-0.4, -0.2) is 10.8 Å². The van der Waals surface area contributed by atoms with Crippen molar-refractivity contribution >= 4 is 29.1 Å². The van der Waals surface area contributed by atoms with Crippen LogP contribution in [0.4, 0.5) is 11.6 Å². The molecule has 0 aliphatic carbocycles. The highest BCUT2D eigenvalue weighted by Crippen LogP contribution is 2.08. The fourth-order valence-corrected chi connectivity index (χ4v) is 1.32. The highest BCUT2D eigenvalue weighted by Gasteiger charge is 1.99. The van der Waals surface area contributed by atoms with E-state index in [1.807, 2.05) is 25.3 Å². The van der Waals surface area contributed by atoms with E-state index in [-0.39, 0.29) is 0 Å². The van der Waals surface area contributed by atoms with Crippen molar-refractivity contribution in [3.63, 3.8) is 0 Å². The number of aliphatic imine (C=N–C) groups is 1. The van der Waals surface area contributed by atoms with Crippen LogP contribution < -0.4 is 11.1 Å². The number of nitrogens with zero attached hydrogens (tertiary/aromatic N) is 2. The van der Waals surface area contributed by atoms with Gasteiger partial charge < -0.3 is 11.1 Å². The molecule has 4 nitrogen and oxygen atoms in total. The summed E-state index contributed by atoms with van der Waals surface area (Å²) in [7, 11) is 0. The molecule has 0 saturated heterocycles. The van der Waals surface area contributed by atoms with Gasteiger partial charge in [0, 0.05) is 11.2 Å². The summed E-state index contributed by atoms with van der Waals surface area (Å²) in [5.74, 6) is 1.71. The number of amidine groups is 1. The van der Waals surface area contributed by atoms with Gasteiger partial charge in [0.2, 0.25) is 0 Å². The lowest BCUT2D eigenvalue weighted by Crippen LogP contribution is -2.10. The minimum absolute atomic E-state index is 0.455. The minimum Gasteiger partial charge on any atom is -0.384 e. The standard InChI is InChI=1S/C14H19ClN4/c1-4-10(2)9-17-14(8-11(3)15)19-13-7-5-6-12(16)18-13/h5-9H,4H2,1-3H3,(H3,16,17,18,19)/b10-9?,11-8+. The average molecular weight is 279 g/mol. The van der Waals surface area contributed by atoms with E-state index >= 15 is 0 Å². The summed E-state index contributed by atoms with van der Waals surface area (Å²) in [6.45, 7) is 5.90. The van der Waals surface area contributed by atoms with E-state index < -0.39 is 0 Å². The van der Waals surface area contributed by atoms with Gasteiger partial charge in [-0.25, -0.2) is 9.98 Å². The Hall–Kier alpha value is -1.81. The fraction of sp³-hybridized carbons (Fsp3) is 0.286. The van der Waals surface area contributed by atoms with E-state index in [0.29, 0.717) is 22.5 Å². The Balaban J connectivity index is 2.96. The number of nitrogens with two attached hydrogens (primary N) is 1. The minimum atomic E-state index is 0.455. The van der Waals surface area contributed by atoms with Crippen molar-refractivity contribution in [2.24, 2.45) is 4.99 Å². The smallest absolute Gasteiger partial charge is 0.133 e. The van der Waals surface area contributed by atoms with Crippen LogP contribution in [0.3, 0.4) is 0 Å². The topological polar surface area (TPSA) is 63.3 Å². The molecule has 19 heavy (non-hydrogen) atoms. The predicted molar refractivity (Wildman–Crippen MR) is 83.4 cm³/mol. The quantitative estimate of drug-likeness (QED) is 0.648. The lowest BCUT2D eigenvalue weighted by atomic mass is 10.3. The van der Waals surface area contributed by atoms with Gasteiger partial charge in [-0.05, 0) is 38.5 Å². The third-order valence-electron chi connectivity index (χ3n) is 2.34. The highest BCUT2D eigenvalue weighted by molar-refractivity contribution is 6.31. The summed E-state index contributed by atoms with van der Waals surface area (Å²) in [6.07, 6.45) is 4.51. The lowest BCUT2D eigenvalue weighted by Gasteiger charge is -2.06. The summed E-state index contributed by atoms with van der Waals surface area (Å²) in [5.41, 5.74) is 6.82. The Bertz CT molecular complexity index is 514. The summed E-state index contributed by atoms with van der Waals surface area (Å²) in [6, 6.07) is 5.37. The molecule has 0 radical (unpaired) electrons. The first-order valence-corrected chi connectivity index (χ1v) is 6.46. The van der Waals surface area contributed by atoms with Crippen molar-refractivity contribution in [2.75, 3.05) is 11.1 Å². The zero-order chi connectivity index (χ0) is 14.3. The number of hydrogen-bond donors (Lipinski definition) is 2. The molecule has 0 unspecified atom stereocenters. The first-order chi connectivity index (χ1) is 9.01. The number of aromatic nitrogens is 1. The second-order valence-corrected chi connectivity index (χ2v) is 4.74. The molecule has 0 spiro atoms. The van der Waals surface area contributed by atoms with E-state index in [0.717, 1.165) is 6.42 Å². The summed E-state index contributed by atoms with van der Waals surface area (Å²) < 4.78 is 0. The van der Waals surface area contributed by atoms with Crippen LogP contribution in [0.5, 0.6) is 0 Å². The molecule has 5 heteroatoms. The molecule has 0 aromatic carbocycles. The second kappa shape index (κ2) is 7.59. The van der Waals surface area contributed by atoms with Crippen LogP contribution in [0.1, 0.15) is 27.2 Å². The van der Waals surface area contributed by atoms with Gasteiger partial charge in [-0.3, -0.25) is 0 Å². The van der Waals surface area contributed by atoms with E-state index in [1.54, 1.807) is 19.1 Å². The molecule has 0 fully saturated rings. The zero-order valence-corrected chi connectivity index (χ0v) is 12.2. The van der Waals surface area contributed by atoms with E-state index in [4.69, 9.17) is 17.3 Å². The number of pyridine rings is 1. The Labute approximate surface area is 119 Å². The van der Waals surface area contributed by atoms with Gasteiger partial charge in [-0.15, -0.1) is 0 Å². The molecule has 102 valence electrons. The van der Waals surface area contributed by atoms with Gasteiger partial charge in [0.1, 0.15) is 17.5 Å². The maximum absolute atomic E-state index is 5.89. The number of nitrogen functional groups attached to an aromatic ring is 1. The predicted octanol–water partition coefficient (Wildman–Crippen LogP) is 3.93. The molecule has 1 rings (SSSR count). The van der Waals surface area contributed by atoms with Crippen LogP contribution in [0.15, 0.2) is 46.1 Å². The Kier molecular flexibility index (Phi) is 6.09. The molecule has 0 aliphatic heterocycles. The first kappa shape index (κ1) is 15.2. The number of rotatable bonds is 4. The van der Waals surface area contributed by atoms with Crippen molar-refractivity contribution in [1.82, 2.24) is 4.98 Å². The highest BCUT2D eigenvalue weighted by atomic mass is 35.5. The Morgan fingerprint density at radius 1 is 1.47 bits per heavy atom. The van der Waals surface area contributed by atoms with Crippen LogP contribution in [-0.2, 0) is 0 Å². The molecule has 0 bridgehead atoms. The SMILES string of the molecule is CCC(C)=CN=C(/C=C(\C)Cl)Nc1cccc(N)n1. The number of hydrogen-bond acceptors (Lipinski definition) is 3. The van der Waals surface area contributed by atoms with Gasteiger partial charge in [0.25, 0.3) is 0 Å². The van der Waals surface area contributed by atoms with Gasteiger partial charge in [-0.2, -0.15) is 0 Å². The number of halogens is 1. The van der Waals surface area contributed by atoms with Crippen molar-refractivity contribution in [2.45, 2.75) is 27.2 Å². The summed E-state index contributed by atoms with van der Waals surface area (Å²) >= 11 is 5.89. The average Bonchev–Trinajstić information content (AvgIpc) is 2.35. The van der Waals surface area contributed by atoms with E-state index in [2.05, 4.69) is 22.2 Å². The summed E-state index contributed by atoms with van der Waals surface area (Å²) in [4.78, 5) is 8.52. The second-order valence-electron chi connectivity index (χ2n) is 4.15. The Morgan fingerprint density at radius 3 is 2.79 bits per heavy atom. The van der Waals surface area contributed by atoms with Gasteiger partial charge >= 0.3 is 0 Å². The van der Waals surface area contributed by atoms with Crippen LogP contribution in [0, 0.1) is 0 Å². The van der Waals surface area contributed by atoms with Gasteiger partial charge in [0.05, 0.1) is 0 Å². The molecule has 0 atom stereocenters. The number of allylic oxidation sites excluding steroid dienone is 2. The van der Waals surface area contributed by atoms with E-state index in [1.165, 1.54) is 5.57 Å². The number of anilines is 2. The lowest BCUT2D eigenvalue weighted by molar-refractivity contribution is 1.09. The number of nitrogens with one attached hydrogen (secondary N) is 1. The maximum atomic E-state index is 5.89. The van der Waals surface area contributed by atoms with Crippen molar-refractivity contribution in [1.29, 1.82) is 0 Å². The molecule has 3 N–H and O–H groups in total. The van der Waals surface area contributed by atoms with Crippen LogP contribution in [0.2, 0.25) is 0 Å². The van der Waals surface area contributed by atoms with Crippen molar-refractivity contribution in [3.8, 4) is 0 Å². The molecule has 1 aromatic heterocycles. The first-order valence-electron chi connectivity index (χ1n) is 6.08. The normalized spacial score (nSPS) is 13.6. The largest absolute Gasteiger partial charge is 0.384 e.